The molecule has 6 fully saturated rings. The highest BCUT2D eigenvalue weighted by Crippen LogP contribution is 2.76. The lowest BCUT2D eigenvalue weighted by Crippen LogP contribution is -2.68. The van der Waals surface area contributed by atoms with E-state index in [1.807, 2.05) is 6.92 Å². The van der Waals surface area contributed by atoms with Gasteiger partial charge in [-0.15, -0.1) is 0 Å². The maximum absolute atomic E-state index is 12.3. The molecule has 0 amide bonds. The standard InChI is InChI=1S/C42H72O13/c1-21(2)10-9-14-42(8,51)22-11-16-41(7)29(22)23(52-36-34(49)32(47)30(45)24(19-43)53-36)18-27-39(5)15-13-28(38(3,4)26(39)12-17-40(27,41)6)55-37-35(50)33(48)31(46)25(20-44)54-37/h10,22-37,43-51H,9,11-20H2,1-8H3/t22-,23+,24+,25+,26-,27+,28-,29-,30+,31+,32-,33-,34+,35+,36+,37-,39-,40+,41+,42?/m0/s1. The van der Waals surface area contributed by atoms with Crippen molar-refractivity contribution < 1.29 is 64.9 Å². The summed E-state index contributed by atoms with van der Waals surface area (Å²) in [5.74, 6) is 0.0816. The second kappa shape index (κ2) is 15.7. The highest BCUT2D eigenvalue weighted by molar-refractivity contribution is 5.20. The summed E-state index contributed by atoms with van der Waals surface area (Å²) in [7, 11) is 0. The van der Waals surface area contributed by atoms with Crippen LogP contribution in [0.4, 0.5) is 0 Å². The fourth-order valence-electron chi connectivity index (χ4n) is 13.3. The monoisotopic (exact) mass is 784 g/mol. The molecule has 318 valence electrons. The number of ether oxygens (including phenoxy) is 4. The van der Waals surface area contributed by atoms with Gasteiger partial charge in [0.15, 0.2) is 12.6 Å². The third-order valence-corrected chi connectivity index (χ3v) is 16.6. The maximum Gasteiger partial charge on any atom is 0.186 e. The molecule has 13 nitrogen and oxygen atoms in total. The number of rotatable bonds is 10. The Hall–Kier alpha value is -0.780. The zero-order valence-electron chi connectivity index (χ0n) is 34.3. The lowest BCUT2D eigenvalue weighted by molar-refractivity contribution is -0.342. The van der Waals surface area contributed by atoms with Crippen LogP contribution in [-0.4, -0.2) is 138 Å². The Bertz CT molecular complexity index is 1370. The van der Waals surface area contributed by atoms with Crippen LogP contribution in [0.2, 0.25) is 0 Å². The van der Waals surface area contributed by atoms with Gasteiger partial charge in [-0.2, -0.15) is 0 Å². The van der Waals surface area contributed by atoms with Gasteiger partial charge < -0.3 is 64.9 Å². The third-order valence-electron chi connectivity index (χ3n) is 16.6. The molecule has 1 unspecified atom stereocenters. The molecule has 20 atom stereocenters. The summed E-state index contributed by atoms with van der Waals surface area (Å²) in [6.07, 6.45) is -5.51. The summed E-state index contributed by atoms with van der Waals surface area (Å²) in [5, 5.41) is 96.4. The van der Waals surface area contributed by atoms with E-state index in [1.54, 1.807) is 0 Å². The molecule has 13 heteroatoms. The number of allylic oxidation sites excluding steroid dienone is 2. The van der Waals surface area contributed by atoms with Crippen molar-refractivity contribution in [1.82, 2.24) is 0 Å². The van der Waals surface area contributed by atoms with Gasteiger partial charge in [-0.05, 0) is 124 Å². The first kappa shape index (κ1) is 43.8. The molecule has 9 N–H and O–H groups in total. The average Bonchev–Trinajstić information content (AvgIpc) is 3.50. The van der Waals surface area contributed by atoms with Crippen LogP contribution < -0.4 is 0 Å². The largest absolute Gasteiger partial charge is 0.394 e. The quantitative estimate of drug-likeness (QED) is 0.115. The van der Waals surface area contributed by atoms with E-state index in [1.165, 1.54) is 5.57 Å². The number of aliphatic hydroxyl groups excluding tert-OH is 8. The summed E-state index contributed by atoms with van der Waals surface area (Å²) < 4.78 is 25.2. The van der Waals surface area contributed by atoms with E-state index in [9.17, 15) is 46.0 Å². The van der Waals surface area contributed by atoms with Gasteiger partial charge in [-0.1, -0.05) is 46.3 Å². The Morgan fingerprint density at radius 3 is 1.80 bits per heavy atom. The minimum absolute atomic E-state index is 0.109. The Labute approximate surface area is 327 Å². The Kier molecular flexibility index (Phi) is 12.5. The van der Waals surface area contributed by atoms with Crippen LogP contribution in [0.1, 0.15) is 113 Å². The van der Waals surface area contributed by atoms with Crippen LogP contribution in [-0.2, 0) is 18.9 Å². The number of fused-ring (bicyclic) bond motifs is 5. The molecule has 2 aliphatic heterocycles. The van der Waals surface area contributed by atoms with Gasteiger partial charge in [-0.25, -0.2) is 0 Å². The van der Waals surface area contributed by atoms with Gasteiger partial charge >= 0.3 is 0 Å². The lowest BCUT2D eigenvalue weighted by Gasteiger charge is -2.71. The minimum atomic E-state index is -1.57. The molecule has 0 bridgehead atoms. The van der Waals surface area contributed by atoms with E-state index in [0.29, 0.717) is 19.3 Å². The average molecular weight is 785 g/mol. The van der Waals surface area contributed by atoms with E-state index in [2.05, 4.69) is 54.5 Å². The summed E-state index contributed by atoms with van der Waals surface area (Å²) in [4.78, 5) is 0. The predicted octanol–water partition coefficient (Wildman–Crippen LogP) is 2.15. The molecule has 0 radical (unpaired) electrons. The molecule has 0 aromatic carbocycles. The Morgan fingerprint density at radius 2 is 1.25 bits per heavy atom. The van der Waals surface area contributed by atoms with E-state index in [4.69, 9.17) is 18.9 Å². The van der Waals surface area contributed by atoms with Crippen LogP contribution in [0.5, 0.6) is 0 Å². The molecule has 4 aliphatic carbocycles. The van der Waals surface area contributed by atoms with Crippen molar-refractivity contribution in [2.45, 2.75) is 192 Å². The van der Waals surface area contributed by atoms with Gasteiger partial charge in [0, 0.05) is 0 Å². The van der Waals surface area contributed by atoms with Crippen molar-refractivity contribution in [2.24, 2.45) is 45.3 Å². The first-order valence-electron chi connectivity index (χ1n) is 20.9. The molecule has 6 rings (SSSR count). The molecule has 55 heavy (non-hydrogen) atoms. The van der Waals surface area contributed by atoms with Gasteiger partial charge in [0.2, 0.25) is 0 Å². The maximum atomic E-state index is 12.3. The summed E-state index contributed by atoms with van der Waals surface area (Å²) in [6.45, 7) is 16.5. The second-order valence-electron chi connectivity index (χ2n) is 20.1. The molecule has 0 aromatic heterocycles. The Morgan fingerprint density at radius 1 is 0.709 bits per heavy atom. The van der Waals surface area contributed by atoms with Crippen molar-refractivity contribution in [3.05, 3.63) is 11.6 Å². The molecule has 4 saturated carbocycles. The fourth-order valence-corrected chi connectivity index (χ4v) is 13.3. The van der Waals surface area contributed by atoms with Crippen LogP contribution in [0.3, 0.4) is 0 Å². The molecule has 2 heterocycles. The first-order chi connectivity index (χ1) is 25.6. The third kappa shape index (κ3) is 7.20. The van der Waals surface area contributed by atoms with E-state index in [0.717, 1.165) is 38.5 Å². The van der Waals surface area contributed by atoms with Crippen molar-refractivity contribution in [2.75, 3.05) is 13.2 Å². The van der Waals surface area contributed by atoms with Gasteiger partial charge in [-0.3, -0.25) is 0 Å². The molecule has 6 aliphatic rings. The zero-order valence-corrected chi connectivity index (χ0v) is 34.3. The normalized spacial score (nSPS) is 52.0. The smallest absolute Gasteiger partial charge is 0.186 e. The summed E-state index contributed by atoms with van der Waals surface area (Å²) in [5.41, 5.74) is -0.847. The minimum Gasteiger partial charge on any atom is -0.394 e. The van der Waals surface area contributed by atoms with E-state index < -0.39 is 91.7 Å². The number of aliphatic hydroxyl groups is 9. The second-order valence-corrected chi connectivity index (χ2v) is 20.1. The van der Waals surface area contributed by atoms with Gasteiger partial charge in [0.25, 0.3) is 0 Å². The van der Waals surface area contributed by atoms with E-state index >= 15 is 0 Å². The first-order valence-corrected chi connectivity index (χ1v) is 20.9. The van der Waals surface area contributed by atoms with E-state index in [-0.39, 0.29) is 46.0 Å². The predicted molar refractivity (Wildman–Crippen MR) is 201 cm³/mol. The zero-order chi connectivity index (χ0) is 40.6. The van der Waals surface area contributed by atoms with Crippen LogP contribution in [0.25, 0.3) is 0 Å². The van der Waals surface area contributed by atoms with Crippen molar-refractivity contribution >= 4 is 0 Å². The van der Waals surface area contributed by atoms with Crippen LogP contribution in [0.15, 0.2) is 11.6 Å². The number of hydrogen-bond donors (Lipinski definition) is 9. The van der Waals surface area contributed by atoms with Gasteiger partial charge in [0.1, 0.15) is 48.8 Å². The molecular formula is C42H72O13. The summed E-state index contributed by atoms with van der Waals surface area (Å²) >= 11 is 0. The van der Waals surface area contributed by atoms with Crippen molar-refractivity contribution in [3.8, 4) is 0 Å². The van der Waals surface area contributed by atoms with Crippen molar-refractivity contribution in [3.63, 3.8) is 0 Å². The topological polar surface area (TPSA) is 219 Å². The SMILES string of the molecule is CC(C)=CCCC(C)(O)[C@H]1CC[C@]2(C)[C@@H]1[C@H](O[C@@H]1O[C@H](CO)[C@@H](O)[C@H](O)[C@H]1O)C[C@@H]1[C@@]3(C)CC[C@H](O[C@@H]4O[C@H](CO)[C@@H](O)[C@H](O)[C@H]4O)C(C)(C)[C@@H]3CC[C@]12C. The van der Waals surface area contributed by atoms with Crippen LogP contribution >= 0.6 is 0 Å². The number of hydrogen-bond acceptors (Lipinski definition) is 13. The molecule has 0 spiro atoms. The van der Waals surface area contributed by atoms with Crippen LogP contribution in [0, 0.1) is 45.3 Å². The Balaban J connectivity index is 1.33. The molecular weight excluding hydrogens is 712 g/mol. The lowest BCUT2D eigenvalue weighted by atomic mass is 9.35. The van der Waals surface area contributed by atoms with Gasteiger partial charge in [0.05, 0.1) is 31.0 Å². The summed E-state index contributed by atoms with van der Waals surface area (Å²) in [6, 6.07) is 0. The molecule has 2 saturated heterocycles. The highest BCUT2D eigenvalue weighted by Gasteiger charge is 2.72. The fraction of sp³-hybridized carbons (Fsp3) is 0.952. The van der Waals surface area contributed by atoms with Crippen molar-refractivity contribution in [1.29, 1.82) is 0 Å². The highest BCUT2D eigenvalue weighted by atomic mass is 16.7. The molecule has 0 aromatic rings.